The lowest BCUT2D eigenvalue weighted by molar-refractivity contribution is -0.187. The zero-order valence-electron chi connectivity index (χ0n) is 25.6. The van der Waals surface area contributed by atoms with Crippen LogP contribution in [0.25, 0.3) is 0 Å². The number of nitrogens with zero attached hydrogens (tertiary/aromatic N) is 1. The van der Waals surface area contributed by atoms with Crippen LogP contribution >= 0.6 is 0 Å². The SMILES string of the molecule is COC(=O)[C@]1([C@@H](O[Si](C)(C)C(C)(C)C)C(C)C)N(Cc2ccc(OC)cc2)C(=O)[C@@H]2CC[Si](C)(C)O[C@@]21C. The number of likely N-dealkylation sites (tertiary alicyclic amines) is 1. The molecule has 38 heavy (non-hydrogen) atoms. The van der Waals surface area contributed by atoms with Gasteiger partial charge in [-0.15, -0.1) is 0 Å². The van der Waals surface area contributed by atoms with E-state index in [1.165, 1.54) is 7.11 Å². The van der Waals surface area contributed by atoms with Crippen molar-refractivity contribution in [3.05, 3.63) is 29.8 Å². The van der Waals surface area contributed by atoms with Crippen LogP contribution in [0.4, 0.5) is 0 Å². The number of amides is 1. The van der Waals surface area contributed by atoms with Crippen molar-refractivity contribution in [2.24, 2.45) is 11.8 Å². The molecular formula is C29H49NO6Si2. The summed E-state index contributed by atoms with van der Waals surface area (Å²) in [5.41, 5.74) is -1.63. The number of carbonyl (C=O) groups is 2. The molecule has 4 atom stereocenters. The fourth-order valence-electron chi connectivity index (χ4n) is 6.13. The Hall–Kier alpha value is -1.69. The molecule has 1 amide bonds. The molecule has 2 aliphatic heterocycles. The van der Waals surface area contributed by atoms with E-state index in [4.69, 9.17) is 18.3 Å². The molecule has 1 aromatic rings. The molecule has 0 spiro atoms. The van der Waals surface area contributed by atoms with Crippen LogP contribution in [0.5, 0.6) is 5.75 Å². The summed E-state index contributed by atoms with van der Waals surface area (Å²) < 4.78 is 25.2. The second-order valence-corrected chi connectivity index (χ2v) is 22.6. The number of ether oxygens (including phenoxy) is 2. The third-order valence-electron chi connectivity index (χ3n) is 9.18. The molecule has 2 saturated heterocycles. The van der Waals surface area contributed by atoms with Gasteiger partial charge in [0.2, 0.25) is 5.91 Å². The lowest BCUT2D eigenvalue weighted by Gasteiger charge is -2.56. The minimum atomic E-state index is -2.39. The second kappa shape index (κ2) is 10.4. The van der Waals surface area contributed by atoms with Crippen molar-refractivity contribution in [3.63, 3.8) is 0 Å². The van der Waals surface area contributed by atoms with Crippen molar-refractivity contribution in [1.29, 1.82) is 0 Å². The van der Waals surface area contributed by atoms with Crippen molar-refractivity contribution in [2.75, 3.05) is 14.2 Å². The molecule has 0 N–H and O–H groups in total. The van der Waals surface area contributed by atoms with Gasteiger partial charge in [0, 0.05) is 6.54 Å². The number of fused-ring (bicyclic) bond motifs is 1. The minimum Gasteiger partial charge on any atom is -0.497 e. The molecule has 0 aromatic heterocycles. The van der Waals surface area contributed by atoms with Crippen molar-refractivity contribution in [3.8, 4) is 5.75 Å². The summed E-state index contributed by atoms with van der Waals surface area (Å²) in [5.74, 6) is -0.333. The van der Waals surface area contributed by atoms with Crippen molar-refractivity contribution in [1.82, 2.24) is 4.90 Å². The van der Waals surface area contributed by atoms with Crippen LogP contribution < -0.4 is 4.74 Å². The van der Waals surface area contributed by atoms with E-state index in [9.17, 15) is 9.59 Å². The monoisotopic (exact) mass is 563 g/mol. The highest BCUT2D eigenvalue weighted by Gasteiger charge is 2.77. The fourth-order valence-corrected chi connectivity index (χ4v) is 10.1. The Kier molecular flexibility index (Phi) is 8.42. The van der Waals surface area contributed by atoms with E-state index in [2.05, 4.69) is 60.8 Å². The Balaban J connectivity index is 2.32. The molecule has 0 radical (unpaired) electrons. The highest BCUT2D eigenvalue weighted by atomic mass is 28.4. The van der Waals surface area contributed by atoms with Crippen LogP contribution in [0.1, 0.15) is 53.5 Å². The lowest BCUT2D eigenvalue weighted by Crippen LogP contribution is -2.75. The van der Waals surface area contributed by atoms with E-state index in [0.717, 1.165) is 17.4 Å². The molecule has 0 saturated carbocycles. The first-order valence-electron chi connectivity index (χ1n) is 13.8. The van der Waals surface area contributed by atoms with Gasteiger partial charge in [-0.3, -0.25) is 4.79 Å². The summed E-state index contributed by atoms with van der Waals surface area (Å²) in [6, 6.07) is 8.50. The lowest BCUT2D eigenvalue weighted by atomic mass is 9.69. The van der Waals surface area contributed by atoms with Gasteiger partial charge in [0.25, 0.3) is 0 Å². The maximum atomic E-state index is 14.4. The van der Waals surface area contributed by atoms with Crippen LogP contribution in [0.3, 0.4) is 0 Å². The highest BCUT2D eigenvalue weighted by molar-refractivity contribution is 6.74. The van der Waals surface area contributed by atoms with E-state index >= 15 is 0 Å². The van der Waals surface area contributed by atoms with E-state index in [1.54, 1.807) is 12.0 Å². The Morgan fingerprint density at radius 1 is 1.18 bits per heavy atom. The fraction of sp³-hybridized carbons (Fsp3) is 0.724. The van der Waals surface area contributed by atoms with Gasteiger partial charge in [0.05, 0.1) is 26.2 Å². The van der Waals surface area contributed by atoms with Crippen LogP contribution in [-0.2, 0) is 29.7 Å². The third kappa shape index (κ3) is 5.00. The summed E-state index contributed by atoms with van der Waals surface area (Å²) in [7, 11) is -1.54. The summed E-state index contributed by atoms with van der Waals surface area (Å²) in [6.07, 6.45) is 0.0769. The topological polar surface area (TPSA) is 74.3 Å². The molecule has 0 bridgehead atoms. The normalized spacial score (nSPS) is 28.3. The number of rotatable bonds is 8. The first-order valence-corrected chi connectivity index (χ1v) is 19.8. The number of methoxy groups -OCH3 is 2. The molecule has 2 aliphatic rings. The average Bonchev–Trinajstić information content (AvgIpc) is 2.98. The molecule has 214 valence electrons. The Morgan fingerprint density at radius 2 is 1.76 bits per heavy atom. The van der Waals surface area contributed by atoms with Crippen LogP contribution in [-0.4, -0.2) is 64.9 Å². The first kappa shape index (κ1) is 30.8. The zero-order valence-corrected chi connectivity index (χ0v) is 27.6. The smallest absolute Gasteiger partial charge is 0.337 e. The first-order chi connectivity index (χ1) is 17.4. The Labute approximate surface area is 231 Å². The largest absolute Gasteiger partial charge is 0.497 e. The number of carbonyl (C=O) groups excluding carboxylic acids is 2. The summed E-state index contributed by atoms with van der Waals surface area (Å²) in [5, 5.41) is -0.0946. The van der Waals surface area contributed by atoms with Crippen LogP contribution in [0.15, 0.2) is 24.3 Å². The predicted molar refractivity (Wildman–Crippen MR) is 155 cm³/mol. The molecule has 2 heterocycles. The van der Waals surface area contributed by atoms with Crippen molar-refractivity contribution >= 4 is 28.5 Å². The van der Waals surface area contributed by atoms with E-state index in [0.29, 0.717) is 6.42 Å². The molecular weight excluding hydrogens is 514 g/mol. The van der Waals surface area contributed by atoms with Crippen LogP contribution in [0, 0.1) is 11.8 Å². The molecule has 9 heteroatoms. The zero-order chi connectivity index (χ0) is 28.9. The van der Waals surface area contributed by atoms with Gasteiger partial charge in [-0.2, -0.15) is 0 Å². The molecule has 0 aliphatic carbocycles. The Bertz CT molecular complexity index is 1030. The van der Waals surface area contributed by atoms with E-state index < -0.39 is 45.8 Å². The molecule has 2 fully saturated rings. The highest BCUT2D eigenvalue weighted by Crippen LogP contribution is 2.57. The molecule has 7 nitrogen and oxygen atoms in total. The number of esters is 1. The maximum Gasteiger partial charge on any atom is 0.337 e. The number of hydrogen-bond acceptors (Lipinski definition) is 6. The quantitative estimate of drug-likeness (QED) is 0.285. The maximum absolute atomic E-state index is 14.4. The van der Waals surface area contributed by atoms with Gasteiger partial charge < -0.3 is 23.2 Å². The van der Waals surface area contributed by atoms with Gasteiger partial charge in [-0.25, -0.2) is 4.79 Å². The van der Waals surface area contributed by atoms with Gasteiger partial charge in [0.15, 0.2) is 22.2 Å². The van der Waals surface area contributed by atoms with E-state index in [1.807, 2.05) is 31.2 Å². The third-order valence-corrected chi connectivity index (χ3v) is 16.1. The standard InChI is InChI=1S/C29H49NO6Si2/c1-20(2)24(35-38(11,12)27(3,4)5)29(26(32)34-8)28(6)23(17-18-37(9,10)36-28)25(31)30(29)19-21-13-15-22(33-7)16-14-21/h13-16,20,23-24H,17-19H2,1-12H3/t23-,24-,28-,29-/m0/s1. The minimum absolute atomic E-state index is 0.0669. The van der Waals surface area contributed by atoms with Crippen molar-refractivity contribution in [2.45, 2.75) is 109 Å². The molecule has 0 unspecified atom stereocenters. The Morgan fingerprint density at radius 3 is 2.24 bits per heavy atom. The van der Waals surface area contributed by atoms with Gasteiger partial charge >= 0.3 is 5.97 Å². The molecule has 1 aromatic carbocycles. The van der Waals surface area contributed by atoms with Gasteiger partial charge in [-0.1, -0.05) is 46.8 Å². The van der Waals surface area contributed by atoms with Gasteiger partial charge in [0.1, 0.15) is 11.4 Å². The second-order valence-electron chi connectivity index (χ2n) is 13.6. The predicted octanol–water partition coefficient (Wildman–Crippen LogP) is 6.00. The van der Waals surface area contributed by atoms with Crippen molar-refractivity contribution < 1.29 is 27.9 Å². The average molecular weight is 564 g/mol. The summed E-state index contributed by atoms with van der Waals surface area (Å²) in [6.45, 7) is 21.7. The summed E-state index contributed by atoms with van der Waals surface area (Å²) >= 11 is 0. The van der Waals surface area contributed by atoms with Gasteiger partial charge in [-0.05, 0) is 74.2 Å². The van der Waals surface area contributed by atoms with Crippen LogP contribution in [0.2, 0.25) is 37.3 Å². The number of benzene rings is 1. The number of hydrogen-bond donors (Lipinski definition) is 0. The summed E-state index contributed by atoms with van der Waals surface area (Å²) in [4.78, 5) is 30.5. The molecule has 3 rings (SSSR count). The van der Waals surface area contributed by atoms with E-state index in [-0.39, 0.29) is 23.4 Å².